The van der Waals surface area contributed by atoms with E-state index in [2.05, 4.69) is 20.4 Å². The van der Waals surface area contributed by atoms with Crippen molar-refractivity contribution in [1.82, 2.24) is 9.99 Å². The maximum atomic E-state index is 12.2. The monoisotopic (exact) mass is 420 g/mol. The van der Waals surface area contributed by atoms with Crippen molar-refractivity contribution in [2.45, 2.75) is 13.8 Å². The number of nitrogens with one attached hydrogen (secondary N) is 2. The van der Waals surface area contributed by atoms with Crippen LogP contribution in [0.3, 0.4) is 0 Å². The van der Waals surface area contributed by atoms with Crippen LogP contribution in [0.15, 0.2) is 59.7 Å². The number of hydrogen-bond donors (Lipinski definition) is 2. The van der Waals surface area contributed by atoms with E-state index in [4.69, 9.17) is 9.47 Å². The zero-order valence-electron chi connectivity index (χ0n) is 17.8. The van der Waals surface area contributed by atoms with Crippen LogP contribution in [-0.2, 0) is 9.59 Å². The number of para-hydroxylation sites is 1. The normalized spacial score (nSPS) is 10.7. The molecule has 160 valence electrons. The van der Waals surface area contributed by atoms with Crippen LogP contribution in [0.4, 0.5) is 5.69 Å². The fourth-order valence-electron chi connectivity index (χ4n) is 3.18. The van der Waals surface area contributed by atoms with Crippen molar-refractivity contribution >= 4 is 23.7 Å². The molecule has 0 spiro atoms. The molecule has 3 aromatic rings. The van der Waals surface area contributed by atoms with Crippen LogP contribution in [0, 0.1) is 13.8 Å². The lowest BCUT2D eigenvalue weighted by Gasteiger charge is -2.10. The maximum Gasteiger partial charge on any atom is 0.329 e. The average Bonchev–Trinajstić information content (AvgIpc) is 3.07. The smallest absolute Gasteiger partial charge is 0.329 e. The molecule has 1 aromatic heterocycles. The van der Waals surface area contributed by atoms with Crippen molar-refractivity contribution < 1.29 is 19.1 Å². The van der Waals surface area contributed by atoms with Crippen molar-refractivity contribution in [2.24, 2.45) is 5.10 Å². The molecule has 0 saturated carbocycles. The van der Waals surface area contributed by atoms with Crippen molar-refractivity contribution in [3.8, 4) is 17.2 Å². The molecule has 0 aliphatic heterocycles. The third-order valence-electron chi connectivity index (χ3n) is 4.72. The maximum absolute atomic E-state index is 12.2. The standard InChI is InChI=1S/C23H24N4O4/c1-15-12-17(16(2)27(15)18-8-6-5-7-9-18)14-24-26-23(29)22(28)25-20-11-10-19(30-3)13-21(20)31-4/h5-14H,1-4H3,(H,25,28)(H,26,29)/b24-14-. The fourth-order valence-corrected chi connectivity index (χ4v) is 3.18. The molecule has 2 N–H and O–H groups in total. The van der Waals surface area contributed by atoms with Gasteiger partial charge in [0.05, 0.1) is 26.1 Å². The summed E-state index contributed by atoms with van der Waals surface area (Å²) in [7, 11) is 2.98. The van der Waals surface area contributed by atoms with Gasteiger partial charge in [-0.2, -0.15) is 5.10 Å². The van der Waals surface area contributed by atoms with Gasteiger partial charge in [-0.05, 0) is 44.2 Å². The number of hydrazone groups is 1. The highest BCUT2D eigenvalue weighted by Gasteiger charge is 2.16. The Labute approximate surface area is 180 Å². The second-order valence-corrected chi connectivity index (χ2v) is 6.72. The van der Waals surface area contributed by atoms with Gasteiger partial charge in [0.2, 0.25) is 0 Å². The van der Waals surface area contributed by atoms with Gasteiger partial charge >= 0.3 is 11.8 Å². The Morgan fingerprint density at radius 3 is 2.39 bits per heavy atom. The van der Waals surface area contributed by atoms with Gasteiger partial charge in [-0.3, -0.25) is 9.59 Å². The number of anilines is 1. The summed E-state index contributed by atoms with van der Waals surface area (Å²) >= 11 is 0. The van der Waals surface area contributed by atoms with E-state index in [1.165, 1.54) is 20.4 Å². The number of aryl methyl sites for hydroxylation is 1. The van der Waals surface area contributed by atoms with E-state index in [1.54, 1.807) is 18.2 Å². The highest BCUT2D eigenvalue weighted by Crippen LogP contribution is 2.28. The van der Waals surface area contributed by atoms with Crippen LogP contribution in [0.5, 0.6) is 11.5 Å². The lowest BCUT2D eigenvalue weighted by Crippen LogP contribution is -2.32. The van der Waals surface area contributed by atoms with E-state index in [0.29, 0.717) is 17.2 Å². The van der Waals surface area contributed by atoms with Crippen molar-refractivity contribution in [3.05, 3.63) is 71.5 Å². The predicted octanol–water partition coefficient (Wildman–Crippen LogP) is 3.20. The number of benzene rings is 2. The molecule has 0 bridgehead atoms. The zero-order valence-corrected chi connectivity index (χ0v) is 17.8. The number of nitrogens with zero attached hydrogens (tertiary/aromatic N) is 2. The van der Waals surface area contributed by atoms with Crippen molar-refractivity contribution in [1.29, 1.82) is 0 Å². The molecule has 3 rings (SSSR count). The molecule has 2 aromatic carbocycles. The van der Waals surface area contributed by atoms with Crippen LogP contribution < -0.4 is 20.2 Å². The Hall–Kier alpha value is -4.07. The van der Waals surface area contributed by atoms with Crippen LogP contribution in [0.2, 0.25) is 0 Å². The molecule has 0 saturated heterocycles. The van der Waals surface area contributed by atoms with E-state index in [-0.39, 0.29) is 0 Å². The largest absolute Gasteiger partial charge is 0.497 e. The number of amides is 2. The molecule has 8 heteroatoms. The molecule has 0 radical (unpaired) electrons. The molecule has 0 fully saturated rings. The van der Waals surface area contributed by atoms with E-state index >= 15 is 0 Å². The Bertz CT molecular complexity index is 1120. The minimum absolute atomic E-state index is 0.346. The minimum Gasteiger partial charge on any atom is -0.497 e. The first-order valence-electron chi connectivity index (χ1n) is 9.55. The van der Waals surface area contributed by atoms with Gasteiger partial charge in [0.25, 0.3) is 0 Å². The second kappa shape index (κ2) is 9.62. The van der Waals surface area contributed by atoms with Gasteiger partial charge < -0.3 is 19.4 Å². The molecule has 31 heavy (non-hydrogen) atoms. The number of hydrogen-bond acceptors (Lipinski definition) is 5. The second-order valence-electron chi connectivity index (χ2n) is 6.72. The SMILES string of the molecule is COc1ccc(NC(=O)C(=O)N/N=C\c2cc(C)n(-c3ccccc3)c2C)c(OC)c1. The summed E-state index contributed by atoms with van der Waals surface area (Å²) in [5.74, 6) is -0.823. The Morgan fingerprint density at radius 2 is 1.71 bits per heavy atom. The molecule has 2 amide bonds. The minimum atomic E-state index is -0.897. The van der Waals surface area contributed by atoms with Crippen molar-refractivity contribution in [2.75, 3.05) is 19.5 Å². The zero-order chi connectivity index (χ0) is 22.4. The summed E-state index contributed by atoms with van der Waals surface area (Å²) in [6.45, 7) is 3.96. The van der Waals surface area contributed by atoms with Gasteiger partial charge in [-0.1, -0.05) is 18.2 Å². The van der Waals surface area contributed by atoms with Crippen molar-refractivity contribution in [3.63, 3.8) is 0 Å². The van der Waals surface area contributed by atoms with Gasteiger partial charge in [-0.25, -0.2) is 5.43 Å². The average molecular weight is 420 g/mol. The first-order chi connectivity index (χ1) is 14.9. The van der Waals surface area contributed by atoms with Gasteiger partial charge in [0.15, 0.2) is 0 Å². The predicted molar refractivity (Wildman–Crippen MR) is 119 cm³/mol. The summed E-state index contributed by atoms with van der Waals surface area (Å²) in [5, 5.41) is 6.43. The summed E-state index contributed by atoms with van der Waals surface area (Å²) < 4.78 is 12.4. The number of carbonyl (C=O) groups excluding carboxylic acids is 2. The highest BCUT2D eigenvalue weighted by molar-refractivity contribution is 6.39. The molecule has 8 nitrogen and oxygen atoms in total. The Balaban J connectivity index is 1.67. The number of rotatable bonds is 6. The van der Waals surface area contributed by atoms with Crippen LogP contribution in [0.25, 0.3) is 5.69 Å². The number of ether oxygens (including phenoxy) is 2. The van der Waals surface area contributed by atoms with Crippen LogP contribution in [-0.4, -0.2) is 36.8 Å². The molecule has 0 atom stereocenters. The topological polar surface area (TPSA) is 94.0 Å². The third kappa shape index (κ3) is 4.92. The molecular weight excluding hydrogens is 396 g/mol. The highest BCUT2D eigenvalue weighted by atomic mass is 16.5. The summed E-state index contributed by atoms with van der Waals surface area (Å²) in [5.41, 5.74) is 6.46. The Kier molecular flexibility index (Phi) is 6.71. The van der Waals surface area contributed by atoms with E-state index < -0.39 is 11.8 Å². The number of aromatic nitrogens is 1. The van der Waals surface area contributed by atoms with Crippen LogP contribution in [0.1, 0.15) is 17.0 Å². The first kappa shape index (κ1) is 21.6. The van der Waals surface area contributed by atoms with Gasteiger partial charge in [0, 0.05) is 28.7 Å². The number of methoxy groups -OCH3 is 2. The summed E-state index contributed by atoms with van der Waals surface area (Å²) in [6, 6.07) is 16.7. The van der Waals surface area contributed by atoms with Crippen LogP contribution >= 0.6 is 0 Å². The fraction of sp³-hybridized carbons (Fsp3) is 0.174. The van der Waals surface area contributed by atoms with E-state index in [1.807, 2.05) is 50.2 Å². The molecule has 1 heterocycles. The first-order valence-corrected chi connectivity index (χ1v) is 9.55. The summed E-state index contributed by atoms with van der Waals surface area (Å²) in [6.07, 6.45) is 1.51. The Morgan fingerprint density at radius 1 is 0.968 bits per heavy atom. The number of carbonyl (C=O) groups is 2. The lowest BCUT2D eigenvalue weighted by atomic mass is 10.2. The quantitative estimate of drug-likeness (QED) is 0.364. The third-order valence-corrected chi connectivity index (χ3v) is 4.72. The lowest BCUT2D eigenvalue weighted by molar-refractivity contribution is -0.136. The van der Waals surface area contributed by atoms with E-state index in [9.17, 15) is 9.59 Å². The molecule has 0 aliphatic carbocycles. The summed E-state index contributed by atoms with van der Waals surface area (Å²) in [4.78, 5) is 24.3. The van der Waals surface area contributed by atoms with Gasteiger partial charge in [-0.15, -0.1) is 0 Å². The van der Waals surface area contributed by atoms with Gasteiger partial charge in [0.1, 0.15) is 11.5 Å². The van der Waals surface area contributed by atoms with E-state index in [0.717, 1.165) is 22.6 Å². The molecular formula is C23H24N4O4. The molecule has 0 unspecified atom stereocenters. The molecule has 0 aliphatic rings.